The molecule has 44 heavy (non-hydrogen) atoms. The fourth-order valence-electron chi connectivity index (χ4n) is 5.33. The molecule has 7 nitrogen and oxygen atoms in total. The van der Waals surface area contributed by atoms with Gasteiger partial charge in [0.15, 0.2) is 8.32 Å². The van der Waals surface area contributed by atoms with Gasteiger partial charge in [0.1, 0.15) is 11.5 Å². The van der Waals surface area contributed by atoms with Crippen LogP contribution in [0.3, 0.4) is 0 Å². The van der Waals surface area contributed by atoms with Crippen LogP contribution >= 0.6 is 0 Å². The summed E-state index contributed by atoms with van der Waals surface area (Å²) in [4.78, 5) is 23.6. The van der Waals surface area contributed by atoms with Crippen LogP contribution in [0.5, 0.6) is 11.5 Å². The third-order valence-electron chi connectivity index (χ3n) is 8.79. The maximum Gasteiger partial charge on any atom is 0.220 e. The summed E-state index contributed by atoms with van der Waals surface area (Å²) in [7, 11) is -2.44. The number of aliphatic hydroxyl groups excluding tert-OH is 1. The molecule has 0 radical (unpaired) electrons. The number of ether oxygens (including phenoxy) is 1. The molecule has 0 saturated carbocycles. The van der Waals surface area contributed by atoms with E-state index in [-0.39, 0.29) is 35.3 Å². The van der Waals surface area contributed by atoms with E-state index < -0.39 is 8.32 Å². The third-order valence-corrected chi connectivity index (χ3v) is 12.3. The molecule has 0 aliphatic rings. The SMILES string of the molecule is CCOc1ccccc1CNC(=O)CCc1cccc(C[C@@H](C)NC[C@H](CC(C)(C)[Si](C)(C)O)c2ccc(O)c(CO)c2)c1. The molecule has 0 aromatic heterocycles. The fraction of sp³-hybridized carbons (Fsp3) is 0.472. The molecular weight excluding hydrogens is 568 g/mol. The number of benzene rings is 3. The summed E-state index contributed by atoms with van der Waals surface area (Å²) in [5, 5.41) is 26.3. The van der Waals surface area contributed by atoms with Crippen molar-refractivity contribution in [3.05, 3.63) is 94.5 Å². The highest BCUT2D eigenvalue weighted by molar-refractivity contribution is 6.72. The van der Waals surface area contributed by atoms with Crippen LogP contribution in [0.25, 0.3) is 0 Å². The number of aromatic hydroxyl groups is 1. The van der Waals surface area contributed by atoms with E-state index >= 15 is 0 Å². The second kappa shape index (κ2) is 16.2. The number of nitrogens with one attached hydrogen (secondary N) is 2. The smallest absolute Gasteiger partial charge is 0.220 e. The molecule has 0 saturated heterocycles. The van der Waals surface area contributed by atoms with Crippen molar-refractivity contribution in [3.8, 4) is 11.5 Å². The van der Waals surface area contributed by atoms with E-state index in [1.165, 1.54) is 5.56 Å². The largest absolute Gasteiger partial charge is 0.508 e. The summed E-state index contributed by atoms with van der Waals surface area (Å²) < 4.78 is 5.66. The van der Waals surface area contributed by atoms with Gasteiger partial charge in [-0.2, -0.15) is 0 Å². The Balaban J connectivity index is 1.58. The van der Waals surface area contributed by atoms with Crippen molar-refractivity contribution >= 4 is 14.2 Å². The first kappa shape index (κ1) is 35.3. The Morgan fingerprint density at radius 3 is 2.43 bits per heavy atom. The van der Waals surface area contributed by atoms with Gasteiger partial charge in [-0.25, -0.2) is 0 Å². The highest BCUT2D eigenvalue weighted by Crippen LogP contribution is 2.44. The number of aryl methyl sites for hydroxylation is 1. The molecule has 3 aromatic rings. The van der Waals surface area contributed by atoms with Crippen LogP contribution in [0.4, 0.5) is 0 Å². The summed E-state index contributed by atoms with van der Waals surface area (Å²) in [6.07, 6.45) is 2.70. The molecule has 0 heterocycles. The van der Waals surface area contributed by atoms with Crippen molar-refractivity contribution in [1.82, 2.24) is 10.6 Å². The molecule has 0 spiro atoms. The van der Waals surface area contributed by atoms with Crippen molar-refractivity contribution in [1.29, 1.82) is 0 Å². The van der Waals surface area contributed by atoms with Gasteiger partial charge in [0, 0.05) is 36.7 Å². The van der Waals surface area contributed by atoms with Crippen molar-refractivity contribution < 1.29 is 24.5 Å². The van der Waals surface area contributed by atoms with Crippen molar-refractivity contribution in [2.75, 3.05) is 13.2 Å². The Kier molecular flexibility index (Phi) is 13.0. The fourth-order valence-corrected chi connectivity index (χ4v) is 6.07. The van der Waals surface area contributed by atoms with Crippen LogP contribution in [0.1, 0.15) is 74.3 Å². The first-order valence-electron chi connectivity index (χ1n) is 15.8. The van der Waals surface area contributed by atoms with Crippen LogP contribution in [0.15, 0.2) is 66.7 Å². The molecule has 0 aliphatic carbocycles. The number of rotatable bonds is 17. The summed E-state index contributed by atoms with van der Waals surface area (Å²) in [6, 6.07) is 21.9. The number of hydrogen-bond acceptors (Lipinski definition) is 6. The normalized spacial score (nSPS) is 13.4. The van der Waals surface area contributed by atoms with Gasteiger partial charge in [0.2, 0.25) is 5.91 Å². The maximum absolute atomic E-state index is 12.6. The van der Waals surface area contributed by atoms with Crippen LogP contribution in [-0.2, 0) is 30.8 Å². The van der Waals surface area contributed by atoms with Crippen molar-refractivity contribution in [2.45, 2.75) is 96.6 Å². The van der Waals surface area contributed by atoms with Crippen molar-refractivity contribution in [2.24, 2.45) is 0 Å². The van der Waals surface area contributed by atoms with Crippen molar-refractivity contribution in [3.63, 3.8) is 0 Å². The Morgan fingerprint density at radius 1 is 1.00 bits per heavy atom. The van der Waals surface area contributed by atoms with Gasteiger partial charge in [0.05, 0.1) is 13.2 Å². The van der Waals surface area contributed by atoms with E-state index in [1.54, 1.807) is 6.07 Å². The number of carbonyl (C=O) groups is 1. The predicted molar refractivity (Wildman–Crippen MR) is 181 cm³/mol. The van der Waals surface area contributed by atoms with E-state index in [9.17, 15) is 19.8 Å². The lowest BCUT2D eigenvalue weighted by atomic mass is 9.88. The summed E-state index contributed by atoms with van der Waals surface area (Å²) in [6.45, 7) is 13.9. The molecule has 0 bridgehead atoms. The molecule has 1 amide bonds. The minimum absolute atomic E-state index is 0.0124. The number of para-hydroxylation sites is 1. The highest BCUT2D eigenvalue weighted by atomic mass is 28.4. The number of hydrogen-bond donors (Lipinski definition) is 5. The van der Waals surface area contributed by atoms with Gasteiger partial charge in [0.25, 0.3) is 0 Å². The summed E-state index contributed by atoms with van der Waals surface area (Å²) >= 11 is 0. The van der Waals surface area contributed by atoms with Crippen LogP contribution < -0.4 is 15.4 Å². The highest BCUT2D eigenvalue weighted by Gasteiger charge is 2.40. The quantitative estimate of drug-likeness (QED) is 0.115. The topological polar surface area (TPSA) is 111 Å². The predicted octanol–water partition coefficient (Wildman–Crippen LogP) is 6.20. The molecule has 3 rings (SSSR count). The molecule has 0 aliphatic heterocycles. The van der Waals surface area contributed by atoms with E-state index in [1.807, 2.05) is 56.4 Å². The number of carbonyl (C=O) groups excluding carboxylic acids is 1. The number of aliphatic hydroxyl groups is 1. The van der Waals surface area contributed by atoms with Gasteiger partial charge in [-0.05, 0) is 92.0 Å². The number of phenols is 1. The number of amides is 1. The molecule has 240 valence electrons. The van der Waals surface area contributed by atoms with Crippen LogP contribution in [0.2, 0.25) is 18.1 Å². The third kappa shape index (κ3) is 10.5. The van der Waals surface area contributed by atoms with Gasteiger partial charge in [-0.1, -0.05) is 62.4 Å². The van der Waals surface area contributed by atoms with E-state index in [2.05, 4.69) is 55.7 Å². The lowest BCUT2D eigenvalue weighted by Crippen LogP contribution is -2.41. The minimum atomic E-state index is -2.44. The van der Waals surface area contributed by atoms with Crippen LogP contribution in [0, 0.1) is 0 Å². The Morgan fingerprint density at radius 2 is 1.73 bits per heavy atom. The average Bonchev–Trinajstić information content (AvgIpc) is 2.98. The first-order chi connectivity index (χ1) is 20.8. The minimum Gasteiger partial charge on any atom is -0.508 e. The maximum atomic E-state index is 12.6. The van der Waals surface area contributed by atoms with E-state index in [0.29, 0.717) is 38.1 Å². The average molecular weight is 621 g/mol. The lowest BCUT2D eigenvalue weighted by Gasteiger charge is -2.38. The van der Waals surface area contributed by atoms with Gasteiger partial charge < -0.3 is 30.4 Å². The second-order valence-corrected chi connectivity index (χ2v) is 17.5. The van der Waals surface area contributed by atoms with Gasteiger partial charge >= 0.3 is 0 Å². The molecule has 8 heteroatoms. The van der Waals surface area contributed by atoms with Gasteiger partial charge in [-0.15, -0.1) is 0 Å². The summed E-state index contributed by atoms with van der Waals surface area (Å²) in [5.74, 6) is 1.01. The molecule has 2 atom stereocenters. The first-order valence-corrected chi connectivity index (χ1v) is 18.7. The van der Waals surface area contributed by atoms with Crippen LogP contribution in [-0.4, -0.2) is 48.4 Å². The molecule has 5 N–H and O–H groups in total. The molecule has 0 unspecified atom stereocenters. The summed E-state index contributed by atoms with van der Waals surface area (Å²) in [5.41, 5.74) is 4.87. The molecular formula is C36H52N2O5Si. The van der Waals surface area contributed by atoms with E-state index in [4.69, 9.17) is 4.74 Å². The zero-order valence-electron chi connectivity index (χ0n) is 27.3. The Hall–Kier alpha value is -3.17. The second-order valence-electron chi connectivity index (χ2n) is 13.0. The molecule has 3 aromatic carbocycles. The Labute approximate surface area is 264 Å². The standard InChI is InChI=1S/C36H52N2O5Si/c1-7-43-34-14-9-8-13-30(34)23-38-35(41)18-15-27-11-10-12-28(20-27)19-26(2)37-24-32(22-36(3,4)44(5,6)42)29-16-17-33(40)31(21-29)25-39/h8-14,16-17,20-21,26,32,37,39-40,42H,7,15,18-19,22-25H2,1-6H3,(H,38,41)/t26-,32+/m1/s1. The zero-order valence-corrected chi connectivity index (χ0v) is 28.3. The molecule has 0 fully saturated rings. The zero-order chi connectivity index (χ0) is 32.3. The van der Waals surface area contributed by atoms with Gasteiger partial charge in [-0.3, -0.25) is 4.79 Å². The Bertz CT molecular complexity index is 1350. The van der Waals surface area contributed by atoms with E-state index in [0.717, 1.165) is 35.3 Å². The lowest BCUT2D eigenvalue weighted by molar-refractivity contribution is -0.121. The monoisotopic (exact) mass is 620 g/mol.